The first-order chi connectivity index (χ1) is 9.91. The minimum absolute atomic E-state index is 0.00884. The van der Waals surface area contributed by atoms with Crippen LogP contribution in [-0.4, -0.2) is 66.5 Å². The van der Waals surface area contributed by atoms with Crippen LogP contribution in [0.2, 0.25) is 0 Å². The largest absolute Gasteiger partial charge is 0.478 e. The van der Waals surface area contributed by atoms with Crippen LogP contribution in [0.15, 0.2) is 24.3 Å². The van der Waals surface area contributed by atoms with Crippen LogP contribution in [0.3, 0.4) is 0 Å². The highest BCUT2D eigenvalue weighted by Crippen LogP contribution is 2.20. The Hall–Kier alpha value is -2.57. The number of aromatic carboxylic acids is 1. The van der Waals surface area contributed by atoms with Gasteiger partial charge in [0.15, 0.2) is 0 Å². The summed E-state index contributed by atoms with van der Waals surface area (Å²) in [4.78, 5) is 39.5. The van der Waals surface area contributed by atoms with Gasteiger partial charge in [0.05, 0.1) is 11.3 Å². The van der Waals surface area contributed by atoms with E-state index in [9.17, 15) is 19.5 Å². The number of carboxylic acids is 1. The van der Waals surface area contributed by atoms with E-state index >= 15 is 0 Å². The van der Waals surface area contributed by atoms with Gasteiger partial charge in [-0.2, -0.15) is 0 Å². The van der Waals surface area contributed by atoms with Crippen molar-refractivity contribution >= 4 is 23.6 Å². The fourth-order valence-electron chi connectivity index (χ4n) is 2.18. The molecule has 0 aromatic heterocycles. The quantitative estimate of drug-likeness (QED) is 0.870. The van der Waals surface area contributed by atoms with Gasteiger partial charge in [-0.25, -0.2) is 9.59 Å². The Morgan fingerprint density at radius 1 is 1.24 bits per heavy atom. The molecule has 0 atom stereocenters. The molecule has 7 heteroatoms. The number of hydrogen-bond acceptors (Lipinski definition) is 3. The molecule has 21 heavy (non-hydrogen) atoms. The number of carbonyl (C=O) groups is 3. The maximum absolute atomic E-state index is 12.4. The monoisotopic (exact) mass is 291 g/mol. The number of anilines is 1. The van der Waals surface area contributed by atoms with Gasteiger partial charge in [0.1, 0.15) is 6.54 Å². The summed E-state index contributed by atoms with van der Waals surface area (Å²) >= 11 is 0. The van der Waals surface area contributed by atoms with Crippen LogP contribution in [0.25, 0.3) is 0 Å². The number of amides is 3. The Morgan fingerprint density at radius 2 is 1.90 bits per heavy atom. The smallest absolute Gasteiger partial charge is 0.337 e. The van der Waals surface area contributed by atoms with Crippen molar-refractivity contribution in [3.05, 3.63) is 29.8 Å². The average molecular weight is 291 g/mol. The summed E-state index contributed by atoms with van der Waals surface area (Å²) in [7, 11) is 3.19. The van der Waals surface area contributed by atoms with Gasteiger partial charge in [-0.15, -0.1) is 0 Å². The number of piperazine rings is 1. The van der Waals surface area contributed by atoms with Gasteiger partial charge in [-0.3, -0.25) is 9.69 Å². The lowest BCUT2D eigenvalue weighted by atomic mass is 10.1. The normalized spacial score (nSPS) is 15.0. The zero-order valence-electron chi connectivity index (χ0n) is 11.9. The van der Waals surface area contributed by atoms with E-state index in [1.165, 1.54) is 22.9 Å². The Balaban J connectivity index is 2.20. The van der Waals surface area contributed by atoms with Crippen molar-refractivity contribution in [1.82, 2.24) is 9.80 Å². The Kier molecular flexibility index (Phi) is 4.11. The molecule has 1 aliphatic heterocycles. The molecule has 112 valence electrons. The maximum Gasteiger partial charge on any atom is 0.337 e. The number of nitrogens with zero attached hydrogens (tertiary/aromatic N) is 3. The van der Waals surface area contributed by atoms with Crippen LogP contribution in [0.5, 0.6) is 0 Å². The molecule has 1 heterocycles. The molecule has 1 N–H and O–H groups in total. The molecule has 0 spiro atoms. The second-order valence-corrected chi connectivity index (χ2v) is 4.90. The van der Waals surface area contributed by atoms with E-state index in [2.05, 4.69) is 0 Å². The number of urea groups is 1. The lowest BCUT2D eigenvalue weighted by molar-refractivity contribution is -0.133. The molecule has 0 unspecified atom stereocenters. The van der Waals surface area contributed by atoms with E-state index in [0.29, 0.717) is 18.8 Å². The first kappa shape index (κ1) is 14.8. The Morgan fingerprint density at radius 3 is 2.52 bits per heavy atom. The fraction of sp³-hybridized carbons (Fsp3) is 0.357. The van der Waals surface area contributed by atoms with Crippen LogP contribution in [0, 0.1) is 0 Å². The van der Waals surface area contributed by atoms with Gasteiger partial charge in [0.25, 0.3) is 0 Å². The van der Waals surface area contributed by atoms with Crippen molar-refractivity contribution in [2.45, 2.75) is 0 Å². The van der Waals surface area contributed by atoms with Crippen molar-refractivity contribution in [2.75, 3.05) is 38.6 Å². The second kappa shape index (κ2) is 5.82. The van der Waals surface area contributed by atoms with Gasteiger partial charge in [-0.05, 0) is 12.1 Å². The number of para-hydroxylation sites is 1. The molecule has 3 amide bonds. The SMILES string of the molecule is CN1CCN(C(=O)N(C)c2ccccc2C(=O)O)CC1=O. The minimum Gasteiger partial charge on any atom is -0.478 e. The summed E-state index contributed by atoms with van der Waals surface area (Å²) in [5.74, 6) is -1.23. The molecule has 0 bridgehead atoms. The van der Waals surface area contributed by atoms with Crippen LogP contribution in [-0.2, 0) is 4.79 Å². The third-order valence-corrected chi connectivity index (χ3v) is 3.51. The van der Waals surface area contributed by atoms with Crippen LogP contribution < -0.4 is 4.90 Å². The summed E-state index contributed by atoms with van der Waals surface area (Å²) < 4.78 is 0. The van der Waals surface area contributed by atoms with Crippen molar-refractivity contribution in [3.63, 3.8) is 0 Å². The second-order valence-electron chi connectivity index (χ2n) is 4.90. The number of rotatable bonds is 2. The van der Waals surface area contributed by atoms with Crippen LogP contribution in [0.1, 0.15) is 10.4 Å². The predicted octanol–water partition coefficient (Wildman–Crippen LogP) is 0.715. The average Bonchev–Trinajstić information content (AvgIpc) is 2.48. The van der Waals surface area contributed by atoms with Gasteiger partial charge < -0.3 is 14.9 Å². The molecule has 1 aromatic rings. The van der Waals surface area contributed by atoms with E-state index in [4.69, 9.17) is 0 Å². The van der Waals surface area contributed by atoms with E-state index < -0.39 is 5.97 Å². The molecule has 1 fully saturated rings. The zero-order valence-corrected chi connectivity index (χ0v) is 11.9. The van der Waals surface area contributed by atoms with Crippen molar-refractivity contribution in [1.29, 1.82) is 0 Å². The van der Waals surface area contributed by atoms with E-state index in [1.807, 2.05) is 0 Å². The molecule has 2 rings (SSSR count). The summed E-state index contributed by atoms with van der Waals surface area (Å²) in [6.07, 6.45) is 0. The Labute approximate surface area is 122 Å². The third kappa shape index (κ3) is 2.96. The number of hydrogen-bond donors (Lipinski definition) is 1. The highest BCUT2D eigenvalue weighted by atomic mass is 16.4. The first-order valence-electron chi connectivity index (χ1n) is 6.50. The van der Waals surface area contributed by atoms with E-state index in [-0.39, 0.29) is 24.0 Å². The van der Waals surface area contributed by atoms with Gasteiger partial charge in [0, 0.05) is 27.2 Å². The van der Waals surface area contributed by atoms with E-state index in [0.717, 1.165) is 0 Å². The first-order valence-corrected chi connectivity index (χ1v) is 6.50. The molecule has 1 aromatic carbocycles. The van der Waals surface area contributed by atoms with Crippen molar-refractivity contribution < 1.29 is 19.5 Å². The van der Waals surface area contributed by atoms with Crippen LogP contribution in [0.4, 0.5) is 10.5 Å². The summed E-state index contributed by atoms with van der Waals surface area (Å²) in [5.41, 5.74) is 0.357. The molecule has 0 aliphatic carbocycles. The van der Waals surface area contributed by atoms with Gasteiger partial charge in [-0.1, -0.05) is 12.1 Å². The standard InChI is InChI=1S/C14H17N3O4/c1-15-7-8-17(9-12(15)18)14(21)16(2)11-6-4-3-5-10(11)13(19)20/h3-6H,7-9H2,1-2H3,(H,19,20). The molecule has 7 nitrogen and oxygen atoms in total. The predicted molar refractivity (Wildman–Crippen MR) is 76.4 cm³/mol. The molecular weight excluding hydrogens is 274 g/mol. The topological polar surface area (TPSA) is 81.2 Å². The Bertz CT molecular complexity index is 587. The number of carbonyl (C=O) groups excluding carboxylic acids is 2. The van der Waals surface area contributed by atoms with Crippen molar-refractivity contribution in [3.8, 4) is 0 Å². The third-order valence-electron chi connectivity index (χ3n) is 3.51. The summed E-state index contributed by atoms with van der Waals surface area (Å²) in [5, 5.41) is 9.17. The molecule has 0 saturated carbocycles. The highest BCUT2D eigenvalue weighted by molar-refractivity contribution is 6.01. The maximum atomic E-state index is 12.4. The van der Waals surface area contributed by atoms with E-state index in [1.54, 1.807) is 30.1 Å². The molecule has 1 aliphatic rings. The zero-order chi connectivity index (χ0) is 15.6. The molecular formula is C14H17N3O4. The number of likely N-dealkylation sites (N-methyl/N-ethyl adjacent to an activating group) is 1. The summed E-state index contributed by atoms with van der Waals surface area (Å²) in [6.45, 7) is 0.911. The van der Waals surface area contributed by atoms with Crippen LogP contribution >= 0.6 is 0 Å². The highest BCUT2D eigenvalue weighted by Gasteiger charge is 2.28. The van der Waals surface area contributed by atoms with Crippen molar-refractivity contribution in [2.24, 2.45) is 0 Å². The lowest BCUT2D eigenvalue weighted by Gasteiger charge is -2.34. The number of benzene rings is 1. The lowest BCUT2D eigenvalue weighted by Crippen LogP contribution is -2.54. The molecule has 1 saturated heterocycles. The summed E-state index contributed by atoms with van der Waals surface area (Å²) in [6, 6.07) is 5.89. The minimum atomic E-state index is -1.10. The van der Waals surface area contributed by atoms with Gasteiger partial charge >= 0.3 is 12.0 Å². The van der Waals surface area contributed by atoms with Gasteiger partial charge in [0.2, 0.25) is 5.91 Å². The fourth-order valence-corrected chi connectivity index (χ4v) is 2.18. The molecule has 0 radical (unpaired) electrons. The number of carboxylic acid groups (broad SMARTS) is 1.